The summed E-state index contributed by atoms with van der Waals surface area (Å²) < 4.78 is 5.23. The van der Waals surface area contributed by atoms with Gasteiger partial charge in [0.25, 0.3) is 0 Å². The van der Waals surface area contributed by atoms with Crippen molar-refractivity contribution in [3.8, 4) is 5.75 Å². The Kier molecular flexibility index (Phi) is 5.48. The number of hydrogen-bond donors (Lipinski definition) is 3. The van der Waals surface area contributed by atoms with Crippen molar-refractivity contribution in [1.29, 1.82) is 0 Å². The highest BCUT2D eigenvalue weighted by Crippen LogP contribution is 2.19. The molecule has 6 heteroatoms. The second kappa shape index (κ2) is 6.88. The smallest absolute Gasteiger partial charge is 0.170 e. The normalized spacial score (nSPS) is 11.3. The van der Waals surface area contributed by atoms with Gasteiger partial charge in [0.05, 0.1) is 7.11 Å². The average molecular weight is 270 g/mol. The van der Waals surface area contributed by atoms with Gasteiger partial charge in [-0.15, -0.1) is 0 Å². The standard InChI is InChI=1S/C12H16ClN3O2/c1-8(13)6-15-7-10-5-9(12(14)16-17)3-4-11(10)18-2/h3-5,15,17H,1,6-7H2,2H3,(H2,14,16). The van der Waals surface area contributed by atoms with Gasteiger partial charge in [-0.2, -0.15) is 0 Å². The number of halogens is 1. The number of nitrogens with one attached hydrogen (secondary N) is 1. The van der Waals surface area contributed by atoms with Crippen LogP contribution in [0.4, 0.5) is 0 Å². The van der Waals surface area contributed by atoms with E-state index in [-0.39, 0.29) is 5.84 Å². The first-order valence-electron chi connectivity index (χ1n) is 5.27. The second-order valence-corrected chi connectivity index (χ2v) is 4.17. The van der Waals surface area contributed by atoms with Gasteiger partial charge in [-0.05, 0) is 18.2 Å². The minimum absolute atomic E-state index is 0.0562. The second-order valence-electron chi connectivity index (χ2n) is 3.63. The van der Waals surface area contributed by atoms with E-state index in [1.165, 1.54) is 0 Å². The van der Waals surface area contributed by atoms with E-state index >= 15 is 0 Å². The lowest BCUT2D eigenvalue weighted by Crippen LogP contribution is -2.17. The predicted molar refractivity (Wildman–Crippen MR) is 72.2 cm³/mol. The third-order valence-electron chi connectivity index (χ3n) is 2.32. The molecule has 0 spiro atoms. The van der Waals surface area contributed by atoms with Gasteiger partial charge in [-0.1, -0.05) is 23.3 Å². The van der Waals surface area contributed by atoms with E-state index in [9.17, 15) is 0 Å². The van der Waals surface area contributed by atoms with Gasteiger partial charge in [0.1, 0.15) is 5.75 Å². The summed E-state index contributed by atoms with van der Waals surface area (Å²) in [4.78, 5) is 0. The summed E-state index contributed by atoms with van der Waals surface area (Å²) >= 11 is 5.66. The Bertz CT molecular complexity index is 461. The molecule has 0 amide bonds. The number of nitrogens with zero attached hydrogens (tertiary/aromatic N) is 1. The summed E-state index contributed by atoms with van der Waals surface area (Å²) in [6.07, 6.45) is 0. The van der Waals surface area contributed by atoms with Crippen molar-refractivity contribution in [3.63, 3.8) is 0 Å². The molecule has 0 aliphatic rings. The van der Waals surface area contributed by atoms with Gasteiger partial charge in [0.15, 0.2) is 5.84 Å². The number of benzene rings is 1. The van der Waals surface area contributed by atoms with E-state index < -0.39 is 0 Å². The van der Waals surface area contributed by atoms with Gasteiger partial charge in [0.2, 0.25) is 0 Å². The number of rotatable bonds is 6. The highest BCUT2D eigenvalue weighted by Gasteiger charge is 2.07. The van der Waals surface area contributed by atoms with Crippen LogP contribution in [-0.2, 0) is 6.54 Å². The molecular weight excluding hydrogens is 254 g/mol. The topological polar surface area (TPSA) is 79.9 Å². The van der Waals surface area contributed by atoms with Crippen LogP contribution in [0.25, 0.3) is 0 Å². The molecule has 1 aromatic rings. The fraction of sp³-hybridized carbons (Fsp3) is 0.250. The Labute approximate surface area is 111 Å². The fourth-order valence-electron chi connectivity index (χ4n) is 1.47. The highest BCUT2D eigenvalue weighted by atomic mass is 35.5. The molecule has 0 saturated carbocycles. The number of amidine groups is 1. The minimum Gasteiger partial charge on any atom is -0.496 e. The number of ether oxygens (including phenoxy) is 1. The van der Waals surface area contributed by atoms with Crippen LogP contribution >= 0.6 is 11.6 Å². The molecule has 18 heavy (non-hydrogen) atoms. The van der Waals surface area contributed by atoms with Crippen LogP contribution in [0.15, 0.2) is 35.0 Å². The number of oxime groups is 1. The van der Waals surface area contributed by atoms with Crippen molar-refractivity contribution in [2.24, 2.45) is 10.9 Å². The molecule has 0 saturated heterocycles. The third kappa shape index (κ3) is 3.94. The summed E-state index contributed by atoms with van der Waals surface area (Å²) in [5.74, 6) is 0.776. The van der Waals surface area contributed by atoms with Crippen molar-refractivity contribution in [2.45, 2.75) is 6.54 Å². The van der Waals surface area contributed by atoms with Crippen LogP contribution in [0.3, 0.4) is 0 Å². The fourth-order valence-corrected chi connectivity index (χ4v) is 1.56. The summed E-state index contributed by atoms with van der Waals surface area (Å²) in [5.41, 5.74) is 7.05. The Hall–Kier alpha value is -1.72. The van der Waals surface area contributed by atoms with Gasteiger partial charge >= 0.3 is 0 Å². The number of methoxy groups -OCH3 is 1. The van der Waals surface area contributed by atoms with Crippen LogP contribution in [0, 0.1) is 0 Å². The van der Waals surface area contributed by atoms with Gasteiger partial charge in [0, 0.05) is 29.2 Å². The monoisotopic (exact) mass is 269 g/mol. The molecule has 0 aliphatic heterocycles. The van der Waals surface area contributed by atoms with Crippen molar-refractivity contribution in [3.05, 3.63) is 40.9 Å². The molecule has 4 N–H and O–H groups in total. The first kappa shape index (κ1) is 14.3. The quantitative estimate of drug-likeness (QED) is 0.317. The average Bonchev–Trinajstić information content (AvgIpc) is 2.37. The minimum atomic E-state index is 0.0562. The van der Waals surface area contributed by atoms with E-state index in [0.29, 0.717) is 23.7 Å². The Morgan fingerprint density at radius 3 is 2.89 bits per heavy atom. The Balaban J connectivity index is 2.88. The summed E-state index contributed by atoms with van der Waals surface area (Å²) in [6, 6.07) is 5.27. The van der Waals surface area contributed by atoms with Crippen molar-refractivity contribution < 1.29 is 9.94 Å². The lowest BCUT2D eigenvalue weighted by Gasteiger charge is -2.11. The molecule has 0 heterocycles. The SMILES string of the molecule is C=C(Cl)CNCc1cc(/C(N)=N/O)ccc1OC. The molecule has 0 bridgehead atoms. The molecule has 0 fully saturated rings. The van der Waals surface area contributed by atoms with Gasteiger partial charge in [-0.3, -0.25) is 0 Å². The van der Waals surface area contributed by atoms with Crippen LogP contribution in [0.1, 0.15) is 11.1 Å². The van der Waals surface area contributed by atoms with Crippen LogP contribution in [-0.4, -0.2) is 24.7 Å². The summed E-state index contributed by atoms with van der Waals surface area (Å²) in [7, 11) is 1.59. The van der Waals surface area contributed by atoms with Crippen molar-refractivity contribution in [2.75, 3.05) is 13.7 Å². The van der Waals surface area contributed by atoms with E-state index in [2.05, 4.69) is 17.1 Å². The molecule has 1 rings (SSSR count). The van der Waals surface area contributed by atoms with Crippen molar-refractivity contribution in [1.82, 2.24) is 5.32 Å². The molecule has 1 aromatic carbocycles. The van der Waals surface area contributed by atoms with Gasteiger partial charge in [-0.25, -0.2) is 0 Å². The van der Waals surface area contributed by atoms with E-state index in [0.717, 1.165) is 11.3 Å². The molecule has 98 valence electrons. The van der Waals surface area contributed by atoms with E-state index in [1.807, 2.05) is 0 Å². The van der Waals surface area contributed by atoms with Gasteiger partial charge < -0.3 is 21.0 Å². The van der Waals surface area contributed by atoms with E-state index in [4.69, 9.17) is 27.3 Å². The highest BCUT2D eigenvalue weighted by molar-refractivity contribution is 6.29. The maximum absolute atomic E-state index is 8.64. The predicted octanol–water partition coefficient (Wildman–Crippen LogP) is 1.63. The first-order valence-corrected chi connectivity index (χ1v) is 5.65. The third-order valence-corrected chi connectivity index (χ3v) is 2.45. The molecule has 5 nitrogen and oxygen atoms in total. The van der Waals surface area contributed by atoms with Crippen LogP contribution in [0.2, 0.25) is 0 Å². The van der Waals surface area contributed by atoms with E-state index in [1.54, 1.807) is 25.3 Å². The maximum atomic E-state index is 8.64. The first-order chi connectivity index (χ1) is 8.58. The summed E-state index contributed by atoms with van der Waals surface area (Å²) in [5, 5.41) is 15.2. The largest absolute Gasteiger partial charge is 0.496 e. The molecule has 0 atom stereocenters. The zero-order valence-corrected chi connectivity index (χ0v) is 10.9. The zero-order valence-electron chi connectivity index (χ0n) is 10.1. The molecule has 0 aliphatic carbocycles. The van der Waals surface area contributed by atoms with Crippen molar-refractivity contribution >= 4 is 17.4 Å². The van der Waals surface area contributed by atoms with Crippen LogP contribution in [0.5, 0.6) is 5.75 Å². The maximum Gasteiger partial charge on any atom is 0.170 e. The number of nitrogens with two attached hydrogens (primary N) is 1. The molecule has 0 aromatic heterocycles. The lowest BCUT2D eigenvalue weighted by molar-refractivity contribution is 0.318. The summed E-state index contributed by atoms with van der Waals surface area (Å²) in [6.45, 7) is 4.63. The molecular formula is C12H16ClN3O2. The van der Waals surface area contributed by atoms with Crippen LogP contribution < -0.4 is 15.8 Å². The Morgan fingerprint density at radius 1 is 1.61 bits per heavy atom. The molecule has 0 radical (unpaired) electrons. The number of hydrogen-bond acceptors (Lipinski definition) is 4. The molecule has 0 unspecified atom stereocenters. The zero-order chi connectivity index (χ0) is 13.5. The Morgan fingerprint density at radius 2 is 2.33 bits per heavy atom. The lowest BCUT2D eigenvalue weighted by atomic mass is 10.1.